The number of nitrogens with one attached hydrogen (secondary N) is 1. The van der Waals surface area contributed by atoms with Crippen molar-refractivity contribution in [2.45, 2.75) is 69.7 Å². The molecule has 1 amide bonds. The molecule has 39 heavy (non-hydrogen) atoms. The zero-order valence-corrected chi connectivity index (χ0v) is 23.6. The second-order valence-corrected chi connectivity index (χ2v) is 11.7. The summed E-state index contributed by atoms with van der Waals surface area (Å²) in [7, 11) is 2.17. The third-order valence-corrected chi connectivity index (χ3v) is 8.95. The van der Waals surface area contributed by atoms with Gasteiger partial charge in [0.2, 0.25) is 0 Å². The Morgan fingerprint density at radius 3 is 2.15 bits per heavy atom. The molecule has 2 atom stereocenters. The van der Waals surface area contributed by atoms with Gasteiger partial charge < -0.3 is 15.3 Å². The molecule has 1 unspecified atom stereocenters. The van der Waals surface area contributed by atoms with Crippen LogP contribution in [0.5, 0.6) is 0 Å². The van der Waals surface area contributed by atoms with Gasteiger partial charge >= 0.3 is 5.97 Å². The molecule has 2 aliphatic heterocycles. The van der Waals surface area contributed by atoms with Crippen LogP contribution in [-0.2, 0) is 4.79 Å². The first-order valence-electron chi connectivity index (χ1n) is 15.0. The highest BCUT2D eigenvalue weighted by Crippen LogP contribution is 2.34. The Morgan fingerprint density at radius 1 is 0.872 bits per heavy atom. The van der Waals surface area contributed by atoms with Crippen molar-refractivity contribution in [1.82, 2.24) is 15.1 Å². The van der Waals surface area contributed by atoms with Crippen molar-refractivity contribution in [2.75, 3.05) is 39.8 Å². The molecule has 2 saturated heterocycles. The molecular weight excluding hydrogens is 486 g/mol. The Hall–Kier alpha value is -2.70. The summed E-state index contributed by atoms with van der Waals surface area (Å²) >= 11 is 0. The number of benzene rings is 2. The molecule has 1 saturated carbocycles. The number of amides is 1. The molecule has 3 fully saturated rings. The van der Waals surface area contributed by atoms with Crippen LogP contribution in [0.3, 0.4) is 0 Å². The van der Waals surface area contributed by atoms with Crippen molar-refractivity contribution in [3.05, 3.63) is 71.8 Å². The lowest BCUT2D eigenvalue weighted by Gasteiger charge is -2.33. The molecule has 2 aromatic rings. The monoisotopic (exact) mass is 533 g/mol. The molecule has 0 bridgehead atoms. The maximum Gasteiger partial charge on any atom is 0.321 e. The lowest BCUT2D eigenvalue weighted by molar-refractivity contribution is -0.145. The highest BCUT2D eigenvalue weighted by atomic mass is 16.4. The molecule has 2 N–H and O–H groups in total. The van der Waals surface area contributed by atoms with Crippen LogP contribution in [0.2, 0.25) is 0 Å². The summed E-state index contributed by atoms with van der Waals surface area (Å²) in [6, 6.07) is 19.7. The van der Waals surface area contributed by atoms with Gasteiger partial charge in [-0.2, -0.15) is 0 Å². The first kappa shape index (κ1) is 29.3. The lowest BCUT2D eigenvalue weighted by Crippen LogP contribution is -2.45. The van der Waals surface area contributed by atoms with E-state index in [1.807, 2.05) is 36.4 Å². The van der Waals surface area contributed by atoms with E-state index < -0.39 is 5.97 Å². The van der Waals surface area contributed by atoms with Crippen LogP contribution in [0.25, 0.3) is 0 Å². The van der Waals surface area contributed by atoms with Crippen molar-refractivity contribution in [3.8, 4) is 0 Å². The lowest BCUT2D eigenvalue weighted by atomic mass is 9.83. The van der Waals surface area contributed by atoms with Gasteiger partial charge in [-0.25, -0.2) is 0 Å². The molecule has 3 aliphatic rings. The van der Waals surface area contributed by atoms with E-state index in [2.05, 4.69) is 46.4 Å². The number of rotatable bonds is 8. The third-order valence-electron chi connectivity index (χ3n) is 8.95. The number of hydrogen-bond donors (Lipinski definition) is 2. The van der Waals surface area contributed by atoms with Gasteiger partial charge in [0.25, 0.3) is 5.91 Å². The van der Waals surface area contributed by atoms with Crippen LogP contribution in [0.4, 0.5) is 0 Å². The molecule has 0 radical (unpaired) electrons. The van der Waals surface area contributed by atoms with E-state index >= 15 is 0 Å². The predicted octanol–water partition coefficient (Wildman–Crippen LogP) is 5.66. The van der Waals surface area contributed by atoms with Gasteiger partial charge in [0.15, 0.2) is 0 Å². The number of nitrogens with zero attached hydrogens (tertiary/aromatic N) is 2. The standard InChI is InChI=1S/C18H25NO2.C15H22N2O/c20-18(21)17(15-9-5-2-6-10-15)19-12-11-16(13-19)14-7-3-1-4-8-14;1-17-11-8-13(9-12-17)7-10-16-15(18)14-5-3-2-4-6-14/h1,3-4,7-8,15-17H,2,5-6,9-13H2,(H,20,21);2-6,13H,7-12H2,1H3,(H,16,18)/t16?,17-;/m1./s1. The summed E-state index contributed by atoms with van der Waals surface area (Å²) < 4.78 is 0. The second kappa shape index (κ2) is 15.2. The number of carboxylic acid groups (broad SMARTS) is 1. The number of likely N-dealkylation sites (tertiary alicyclic amines) is 2. The molecule has 5 rings (SSSR count). The number of hydrogen-bond acceptors (Lipinski definition) is 4. The molecule has 1 aliphatic carbocycles. The number of carbonyl (C=O) groups excluding carboxylic acids is 1. The molecule has 6 nitrogen and oxygen atoms in total. The van der Waals surface area contributed by atoms with Gasteiger partial charge in [-0.15, -0.1) is 0 Å². The first-order chi connectivity index (χ1) is 19.0. The quantitative estimate of drug-likeness (QED) is 0.458. The van der Waals surface area contributed by atoms with Gasteiger partial charge in [0, 0.05) is 18.7 Å². The molecule has 0 spiro atoms. The summed E-state index contributed by atoms with van der Waals surface area (Å²) in [6.07, 6.45) is 10.6. The van der Waals surface area contributed by atoms with Gasteiger partial charge in [-0.3, -0.25) is 14.5 Å². The van der Waals surface area contributed by atoms with E-state index in [-0.39, 0.29) is 11.9 Å². The Kier molecular flexibility index (Phi) is 11.4. The van der Waals surface area contributed by atoms with Crippen LogP contribution >= 0.6 is 0 Å². The van der Waals surface area contributed by atoms with Crippen molar-refractivity contribution in [3.63, 3.8) is 0 Å². The third kappa shape index (κ3) is 8.91. The Balaban J connectivity index is 0.000000183. The van der Waals surface area contributed by atoms with E-state index in [4.69, 9.17) is 0 Å². The SMILES string of the molecule is CN1CCC(CCNC(=O)c2ccccc2)CC1.O=C(O)[C@@H](C1CCCCC1)N1CCC(c2ccccc2)C1. The second-order valence-electron chi connectivity index (χ2n) is 11.7. The van der Waals surface area contributed by atoms with Crippen molar-refractivity contribution >= 4 is 11.9 Å². The Morgan fingerprint density at radius 2 is 1.51 bits per heavy atom. The minimum atomic E-state index is -0.615. The fourth-order valence-corrected chi connectivity index (χ4v) is 6.58. The van der Waals surface area contributed by atoms with Crippen LogP contribution in [0, 0.1) is 11.8 Å². The molecule has 212 valence electrons. The van der Waals surface area contributed by atoms with Gasteiger partial charge in [0.05, 0.1) is 0 Å². The highest BCUT2D eigenvalue weighted by Gasteiger charge is 2.38. The fourth-order valence-electron chi connectivity index (χ4n) is 6.58. The van der Waals surface area contributed by atoms with Crippen LogP contribution in [0.1, 0.15) is 79.6 Å². The molecular formula is C33H47N3O3. The topological polar surface area (TPSA) is 72.9 Å². The summed E-state index contributed by atoms with van der Waals surface area (Å²) in [6.45, 7) is 5.00. The minimum Gasteiger partial charge on any atom is -0.480 e. The number of carboxylic acids is 1. The largest absolute Gasteiger partial charge is 0.480 e. The van der Waals surface area contributed by atoms with Crippen molar-refractivity contribution in [1.29, 1.82) is 0 Å². The van der Waals surface area contributed by atoms with Crippen molar-refractivity contribution < 1.29 is 14.7 Å². The number of carbonyl (C=O) groups is 2. The average Bonchev–Trinajstić information content (AvgIpc) is 3.45. The Bertz CT molecular complexity index is 1000. The van der Waals surface area contributed by atoms with Crippen molar-refractivity contribution in [2.24, 2.45) is 11.8 Å². The van der Waals surface area contributed by atoms with E-state index in [1.54, 1.807) is 0 Å². The Labute approximate surface area is 234 Å². The van der Waals surface area contributed by atoms with E-state index in [9.17, 15) is 14.7 Å². The number of aliphatic carboxylic acids is 1. The maximum atomic E-state index is 11.8. The fraction of sp³-hybridized carbons (Fsp3) is 0.576. The van der Waals surface area contributed by atoms with E-state index in [0.717, 1.165) is 56.8 Å². The summed E-state index contributed by atoms with van der Waals surface area (Å²) in [5.74, 6) is 1.05. The zero-order chi connectivity index (χ0) is 27.5. The molecule has 2 heterocycles. The minimum absolute atomic E-state index is 0.0449. The predicted molar refractivity (Wildman–Crippen MR) is 157 cm³/mol. The van der Waals surface area contributed by atoms with Crippen LogP contribution in [-0.4, -0.2) is 72.6 Å². The summed E-state index contributed by atoms with van der Waals surface area (Å²) in [5.41, 5.74) is 2.11. The highest BCUT2D eigenvalue weighted by molar-refractivity contribution is 5.94. The summed E-state index contributed by atoms with van der Waals surface area (Å²) in [4.78, 5) is 28.2. The maximum absolute atomic E-state index is 11.8. The van der Waals surface area contributed by atoms with Gasteiger partial charge in [-0.1, -0.05) is 67.8 Å². The normalized spacial score (nSPS) is 22.0. The van der Waals surface area contributed by atoms with Crippen LogP contribution < -0.4 is 5.32 Å². The van der Waals surface area contributed by atoms with Gasteiger partial charge in [-0.05, 0) is 101 Å². The molecule has 6 heteroatoms. The zero-order valence-electron chi connectivity index (χ0n) is 23.6. The average molecular weight is 534 g/mol. The van der Waals surface area contributed by atoms with Gasteiger partial charge in [0.1, 0.15) is 6.04 Å². The number of piperidine rings is 1. The molecule has 0 aromatic heterocycles. The first-order valence-corrected chi connectivity index (χ1v) is 15.0. The van der Waals surface area contributed by atoms with E-state index in [1.165, 1.54) is 50.8 Å². The smallest absolute Gasteiger partial charge is 0.321 e. The molecule has 2 aromatic carbocycles. The summed E-state index contributed by atoms with van der Waals surface area (Å²) in [5, 5.41) is 12.7. The van der Waals surface area contributed by atoms with Crippen LogP contribution in [0.15, 0.2) is 60.7 Å². The van der Waals surface area contributed by atoms with E-state index in [0.29, 0.717) is 11.8 Å².